The number of hydrogen-bond donors (Lipinski definition) is 0. The van der Waals surface area contributed by atoms with Gasteiger partial charge in [0.2, 0.25) is 0 Å². The first-order chi connectivity index (χ1) is 12.0. The highest BCUT2D eigenvalue weighted by atomic mass is 28.4. The fourth-order valence-corrected chi connectivity index (χ4v) is 4.05. The van der Waals surface area contributed by atoms with Gasteiger partial charge in [-0.25, -0.2) is 0 Å². The Kier molecular flexibility index (Phi) is 8.58. The molecule has 0 fully saturated rings. The number of hydrogen-bond acceptors (Lipinski definition) is 3. The van der Waals surface area contributed by atoms with E-state index in [9.17, 15) is 0 Å². The first-order valence-electron chi connectivity index (χ1n) is 9.53. The molecule has 0 saturated carbocycles. The summed E-state index contributed by atoms with van der Waals surface area (Å²) in [6.45, 7) is 21.1. The van der Waals surface area contributed by atoms with Gasteiger partial charge in [-0.2, -0.15) is 0 Å². The van der Waals surface area contributed by atoms with Crippen LogP contribution in [0.25, 0.3) is 0 Å². The van der Waals surface area contributed by atoms with Gasteiger partial charge >= 0.3 is 0 Å². The van der Waals surface area contributed by atoms with Crippen LogP contribution in [0.1, 0.15) is 40.2 Å². The van der Waals surface area contributed by atoms with Crippen LogP contribution in [0.2, 0.25) is 18.1 Å². The van der Waals surface area contributed by atoms with Gasteiger partial charge in [0.25, 0.3) is 0 Å². The predicted octanol–water partition coefficient (Wildman–Crippen LogP) is 6.06. The molecule has 0 aliphatic carbocycles. The lowest BCUT2D eigenvalue weighted by Crippen LogP contribution is -2.47. The van der Waals surface area contributed by atoms with Crippen molar-refractivity contribution in [1.29, 1.82) is 0 Å². The molecular weight excluding hydrogens is 340 g/mol. The Hall–Kier alpha value is -1.10. The molecule has 0 aliphatic heterocycles. The average molecular weight is 379 g/mol. The molecule has 0 bridgehead atoms. The summed E-state index contributed by atoms with van der Waals surface area (Å²) in [5.41, 5.74) is 1.15. The summed E-state index contributed by atoms with van der Waals surface area (Å²) in [5.74, 6) is 1.46. The summed E-state index contributed by atoms with van der Waals surface area (Å²) in [6, 6.07) is 8.01. The first-order valence-corrected chi connectivity index (χ1v) is 12.4. The maximum atomic E-state index is 6.72. The van der Waals surface area contributed by atoms with E-state index in [0.29, 0.717) is 25.0 Å². The second kappa shape index (κ2) is 9.72. The SMILES string of the molecule is C=C[C@@H](C)[C@@H](O[Si](C)(C)C(C)(C)C)[C@@H](C)COCc1ccc(OC)cc1. The molecule has 3 atom stereocenters. The van der Waals surface area contributed by atoms with Crippen molar-refractivity contribution < 1.29 is 13.9 Å². The fourth-order valence-electron chi connectivity index (χ4n) is 2.57. The molecule has 0 N–H and O–H groups in total. The number of benzene rings is 1. The quantitative estimate of drug-likeness (QED) is 0.366. The Morgan fingerprint density at radius 1 is 1.12 bits per heavy atom. The minimum atomic E-state index is -1.84. The van der Waals surface area contributed by atoms with Crippen molar-refractivity contribution in [1.82, 2.24) is 0 Å². The molecule has 0 spiro atoms. The molecule has 0 amide bonds. The minimum Gasteiger partial charge on any atom is -0.497 e. The van der Waals surface area contributed by atoms with E-state index in [2.05, 4.69) is 54.3 Å². The van der Waals surface area contributed by atoms with E-state index in [1.165, 1.54) is 0 Å². The molecule has 0 heterocycles. The van der Waals surface area contributed by atoms with Gasteiger partial charge in [-0.1, -0.05) is 52.8 Å². The van der Waals surface area contributed by atoms with Crippen LogP contribution in [0, 0.1) is 11.8 Å². The third kappa shape index (κ3) is 6.56. The Morgan fingerprint density at radius 2 is 1.69 bits per heavy atom. The van der Waals surface area contributed by atoms with Gasteiger partial charge < -0.3 is 13.9 Å². The summed E-state index contributed by atoms with van der Waals surface area (Å²) in [6.07, 6.45) is 2.13. The molecule has 1 aromatic carbocycles. The zero-order chi connectivity index (χ0) is 20.0. The molecule has 0 aliphatic rings. The summed E-state index contributed by atoms with van der Waals surface area (Å²) in [5, 5.41) is 0.190. The van der Waals surface area contributed by atoms with Crippen LogP contribution in [0.15, 0.2) is 36.9 Å². The summed E-state index contributed by atoms with van der Waals surface area (Å²) < 4.78 is 17.9. The van der Waals surface area contributed by atoms with Gasteiger partial charge in [0.05, 0.1) is 26.4 Å². The lowest BCUT2D eigenvalue weighted by Gasteiger charge is -2.42. The first kappa shape index (κ1) is 22.9. The zero-order valence-corrected chi connectivity index (χ0v) is 19.0. The van der Waals surface area contributed by atoms with Crippen molar-refractivity contribution in [3.05, 3.63) is 42.5 Å². The normalized spacial score (nSPS) is 16.0. The molecule has 26 heavy (non-hydrogen) atoms. The van der Waals surface area contributed by atoms with Crippen molar-refractivity contribution in [3.63, 3.8) is 0 Å². The predicted molar refractivity (Wildman–Crippen MR) is 113 cm³/mol. The van der Waals surface area contributed by atoms with Crippen LogP contribution < -0.4 is 4.74 Å². The Bertz CT molecular complexity index is 546. The van der Waals surface area contributed by atoms with Crippen LogP contribution in [-0.4, -0.2) is 28.1 Å². The Labute approximate surface area is 161 Å². The van der Waals surface area contributed by atoms with Crippen LogP contribution in [0.3, 0.4) is 0 Å². The summed E-state index contributed by atoms with van der Waals surface area (Å²) in [4.78, 5) is 0. The van der Waals surface area contributed by atoms with E-state index in [1.54, 1.807) is 7.11 Å². The lowest BCUT2D eigenvalue weighted by molar-refractivity contribution is 0.0195. The third-order valence-electron chi connectivity index (χ3n) is 5.50. The van der Waals surface area contributed by atoms with Crippen molar-refractivity contribution in [2.24, 2.45) is 11.8 Å². The smallest absolute Gasteiger partial charge is 0.192 e. The van der Waals surface area contributed by atoms with E-state index in [0.717, 1.165) is 11.3 Å². The number of rotatable bonds is 10. The van der Waals surface area contributed by atoms with Gasteiger partial charge in [-0.05, 0) is 41.7 Å². The van der Waals surface area contributed by atoms with Gasteiger partial charge in [-0.3, -0.25) is 0 Å². The Balaban J connectivity index is 2.68. The molecule has 0 saturated heterocycles. The molecule has 3 nitrogen and oxygen atoms in total. The molecule has 148 valence electrons. The maximum Gasteiger partial charge on any atom is 0.192 e. The second-order valence-corrected chi connectivity index (χ2v) is 13.5. The molecule has 1 rings (SSSR count). The van der Waals surface area contributed by atoms with Crippen molar-refractivity contribution in [3.8, 4) is 5.75 Å². The van der Waals surface area contributed by atoms with Gasteiger partial charge in [0.15, 0.2) is 8.32 Å². The van der Waals surface area contributed by atoms with Crippen molar-refractivity contribution in [2.75, 3.05) is 13.7 Å². The van der Waals surface area contributed by atoms with Crippen LogP contribution in [-0.2, 0) is 15.8 Å². The standard InChI is InChI=1S/C22H38O3Si/c1-10-17(2)21(25-26(8,9)22(4,5)6)18(3)15-24-16-19-11-13-20(23-7)14-12-19/h10-14,17-18,21H,1,15-16H2,2-9H3/t17-,18+,21-/m1/s1. The van der Waals surface area contributed by atoms with E-state index >= 15 is 0 Å². The number of ether oxygens (including phenoxy) is 2. The third-order valence-corrected chi connectivity index (χ3v) is 9.97. The topological polar surface area (TPSA) is 27.7 Å². The summed E-state index contributed by atoms with van der Waals surface area (Å²) in [7, 11) is -0.164. The highest BCUT2D eigenvalue weighted by Gasteiger charge is 2.41. The molecule has 0 aromatic heterocycles. The van der Waals surface area contributed by atoms with Crippen molar-refractivity contribution >= 4 is 8.32 Å². The molecule has 0 unspecified atom stereocenters. The maximum absolute atomic E-state index is 6.72. The van der Waals surface area contributed by atoms with Crippen LogP contribution in [0.4, 0.5) is 0 Å². The van der Waals surface area contributed by atoms with E-state index in [1.807, 2.05) is 30.3 Å². The number of methoxy groups -OCH3 is 1. The van der Waals surface area contributed by atoms with Gasteiger partial charge in [-0.15, -0.1) is 6.58 Å². The van der Waals surface area contributed by atoms with E-state index in [4.69, 9.17) is 13.9 Å². The highest BCUT2D eigenvalue weighted by Crippen LogP contribution is 2.39. The largest absolute Gasteiger partial charge is 0.497 e. The molecule has 0 radical (unpaired) electrons. The van der Waals surface area contributed by atoms with Crippen LogP contribution >= 0.6 is 0 Å². The molecular formula is C22H38O3Si. The van der Waals surface area contributed by atoms with Gasteiger partial charge in [0.1, 0.15) is 5.75 Å². The van der Waals surface area contributed by atoms with E-state index < -0.39 is 8.32 Å². The molecule has 4 heteroatoms. The van der Waals surface area contributed by atoms with E-state index in [-0.39, 0.29) is 11.1 Å². The van der Waals surface area contributed by atoms with Crippen LogP contribution in [0.5, 0.6) is 5.75 Å². The zero-order valence-electron chi connectivity index (χ0n) is 18.0. The fraction of sp³-hybridized carbons (Fsp3) is 0.636. The minimum absolute atomic E-state index is 0.129. The van der Waals surface area contributed by atoms with Gasteiger partial charge in [0, 0.05) is 5.92 Å². The molecule has 1 aromatic rings. The van der Waals surface area contributed by atoms with Crippen molar-refractivity contribution in [2.45, 2.75) is 65.5 Å². The monoisotopic (exact) mass is 378 g/mol. The summed E-state index contributed by atoms with van der Waals surface area (Å²) >= 11 is 0. The average Bonchev–Trinajstić information content (AvgIpc) is 2.58. The Morgan fingerprint density at radius 3 is 2.15 bits per heavy atom. The highest BCUT2D eigenvalue weighted by molar-refractivity contribution is 6.74. The lowest BCUT2D eigenvalue weighted by atomic mass is 9.94. The second-order valence-electron chi connectivity index (χ2n) is 8.78.